The van der Waals surface area contributed by atoms with Crippen molar-refractivity contribution in [1.82, 2.24) is 0 Å². The van der Waals surface area contributed by atoms with E-state index in [1.165, 1.54) is 12.1 Å². The molecule has 0 aliphatic heterocycles. The lowest BCUT2D eigenvalue weighted by Gasteiger charge is -2.18. The Morgan fingerprint density at radius 3 is 2.69 bits per heavy atom. The fourth-order valence-electron chi connectivity index (χ4n) is 1.45. The van der Waals surface area contributed by atoms with Crippen LogP contribution in [-0.2, 0) is 0 Å². The van der Waals surface area contributed by atoms with Crippen molar-refractivity contribution < 1.29 is 15.0 Å². The molecule has 1 aromatic rings. The summed E-state index contributed by atoms with van der Waals surface area (Å²) < 4.78 is 0. The number of rotatable bonds is 5. The number of halogens is 1. The fourth-order valence-corrected chi connectivity index (χ4v) is 1.63. The third kappa shape index (κ3) is 3.02. The molecule has 0 aromatic heterocycles. The van der Waals surface area contributed by atoms with Crippen molar-refractivity contribution in [1.29, 1.82) is 0 Å². The minimum Gasteiger partial charge on any atom is -0.390 e. The fraction of sp³-hybridized carbons (Fsp3) is 0.364. The number of benzene rings is 1. The highest BCUT2D eigenvalue weighted by Gasteiger charge is 2.20. The molecule has 0 aliphatic rings. The highest BCUT2D eigenvalue weighted by atomic mass is 35.5. The number of hydrogen-bond donors (Lipinski definition) is 3. The maximum atomic E-state index is 10.8. The lowest BCUT2D eigenvalue weighted by Crippen LogP contribution is -2.22. The number of carbonyl (C=O) groups is 1. The zero-order chi connectivity index (χ0) is 12.1. The summed E-state index contributed by atoms with van der Waals surface area (Å²) in [4.78, 5) is 10.8. The Labute approximate surface area is 98.6 Å². The summed E-state index contributed by atoms with van der Waals surface area (Å²) in [6, 6.07) is 4.53. The predicted molar refractivity (Wildman–Crippen MR) is 61.5 cm³/mol. The van der Waals surface area contributed by atoms with Crippen LogP contribution in [0, 0.1) is 0 Å². The van der Waals surface area contributed by atoms with Gasteiger partial charge >= 0.3 is 0 Å². The van der Waals surface area contributed by atoms with E-state index in [2.05, 4.69) is 0 Å². The maximum Gasteiger partial charge on any atom is 0.150 e. The Balaban J connectivity index is 2.98. The highest BCUT2D eigenvalue weighted by Crippen LogP contribution is 2.24. The van der Waals surface area contributed by atoms with Crippen LogP contribution in [0.3, 0.4) is 0 Å². The first-order valence-corrected chi connectivity index (χ1v) is 5.28. The molecule has 0 saturated carbocycles. The summed E-state index contributed by atoms with van der Waals surface area (Å²) in [6.45, 7) is 0.266. The SMILES string of the molecule is NCCC(O)C(O)c1ccc(Cl)cc1C=O. The first-order chi connectivity index (χ1) is 7.60. The van der Waals surface area contributed by atoms with E-state index in [0.717, 1.165) is 0 Å². The van der Waals surface area contributed by atoms with Gasteiger partial charge in [-0.05, 0) is 30.7 Å². The summed E-state index contributed by atoms with van der Waals surface area (Å²) in [5.41, 5.74) is 5.91. The van der Waals surface area contributed by atoms with Crippen LogP contribution in [0.25, 0.3) is 0 Å². The topological polar surface area (TPSA) is 83.6 Å². The third-order valence-corrected chi connectivity index (χ3v) is 2.56. The second-order valence-electron chi connectivity index (χ2n) is 3.48. The Morgan fingerprint density at radius 1 is 1.44 bits per heavy atom. The molecule has 0 amide bonds. The van der Waals surface area contributed by atoms with Crippen molar-refractivity contribution in [2.24, 2.45) is 5.73 Å². The summed E-state index contributed by atoms with van der Waals surface area (Å²) in [7, 11) is 0. The van der Waals surface area contributed by atoms with Gasteiger partial charge in [-0.2, -0.15) is 0 Å². The molecule has 1 rings (SSSR count). The molecule has 4 N–H and O–H groups in total. The van der Waals surface area contributed by atoms with Crippen LogP contribution in [0.4, 0.5) is 0 Å². The Bertz CT molecular complexity index is 370. The zero-order valence-corrected chi connectivity index (χ0v) is 9.39. The van der Waals surface area contributed by atoms with Crippen molar-refractivity contribution in [3.05, 3.63) is 34.3 Å². The molecule has 0 spiro atoms. The summed E-state index contributed by atoms with van der Waals surface area (Å²) in [5, 5.41) is 19.8. The normalized spacial score (nSPS) is 14.5. The number of hydrogen-bond acceptors (Lipinski definition) is 4. The van der Waals surface area contributed by atoms with Crippen molar-refractivity contribution in [3.63, 3.8) is 0 Å². The van der Waals surface area contributed by atoms with Gasteiger partial charge in [0.15, 0.2) is 0 Å². The molecular formula is C11H14ClNO3. The molecule has 2 atom stereocenters. The number of aliphatic hydroxyl groups is 2. The van der Waals surface area contributed by atoms with Crippen molar-refractivity contribution in [3.8, 4) is 0 Å². The number of aliphatic hydroxyl groups excluding tert-OH is 2. The Morgan fingerprint density at radius 2 is 2.12 bits per heavy atom. The smallest absolute Gasteiger partial charge is 0.150 e. The summed E-state index contributed by atoms with van der Waals surface area (Å²) >= 11 is 5.72. The Kier molecular flexibility index (Phi) is 4.89. The van der Waals surface area contributed by atoms with Gasteiger partial charge < -0.3 is 15.9 Å². The van der Waals surface area contributed by atoms with E-state index in [-0.39, 0.29) is 18.5 Å². The van der Waals surface area contributed by atoms with Gasteiger partial charge in [0.25, 0.3) is 0 Å². The van der Waals surface area contributed by atoms with E-state index in [1.807, 2.05) is 0 Å². The highest BCUT2D eigenvalue weighted by molar-refractivity contribution is 6.30. The van der Waals surface area contributed by atoms with Crippen LogP contribution in [0.5, 0.6) is 0 Å². The molecule has 0 aliphatic carbocycles. The van der Waals surface area contributed by atoms with Gasteiger partial charge in [0.1, 0.15) is 12.4 Å². The molecule has 0 bridgehead atoms. The minimum absolute atomic E-state index is 0.266. The van der Waals surface area contributed by atoms with Gasteiger partial charge in [-0.3, -0.25) is 4.79 Å². The molecular weight excluding hydrogens is 230 g/mol. The van der Waals surface area contributed by atoms with Crippen LogP contribution < -0.4 is 5.73 Å². The van der Waals surface area contributed by atoms with Crippen LogP contribution in [0.15, 0.2) is 18.2 Å². The molecule has 0 radical (unpaired) electrons. The predicted octanol–water partition coefficient (Wildman–Crippen LogP) is 0.896. The van der Waals surface area contributed by atoms with Crippen molar-refractivity contribution in [2.45, 2.75) is 18.6 Å². The molecule has 1 aromatic carbocycles. The molecule has 88 valence electrons. The number of aldehydes is 1. The molecule has 0 fully saturated rings. The molecule has 0 heterocycles. The van der Waals surface area contributed by atoms with E-state index >= 15 is 0 Å². The van der Waals surface area contributed by atoms with Gasteiger partial charge in [0, 0.05) is 10.6 Å². The van der Waals surface area contributed by atoms with E-state index in [9.17, 15) is 15.0 Å². The van der Waals surface area contributed by atoms with E-state index < -0.39 is 12.2 Å². The molecule has 2 unspecified atom stereocenters. The van der Waals surface area contributed by atoms with Gasteiger partial charge in [-0.1, -0.05) is 17.7 Å². The van der Waals surface area contributed by atoms with E-state index in [0.29, 0.717) is 16.9 Å². The number of carbonyl (C=O) groups excluding carboxylic acids is 1. The minimum atomic E-state index is -1.12. The van der Waals surface area contributed by atoms with Crippen LogP contribution in [0.1, 0.15) is 28.4 Å². The van der Waals surface area contributed by atoms with E-state index in [1.54, 1.807) is 6.07 Å². The van der Waals surface area contributed by atoms with Crippen LogP contribution >= 0.6 is 11.6 Å². The largest absolute Gasteiger partial charge is 0.390 e. The second kappa shape index (κ2) is 5.96. The van der Waals surface area contributed by atoms with Crippen molar-refractivity contribution >= 4 is 17.9 Å². The molecule has 0 saturated heterocycles. The lowest BCUT2D eigenvalue weighted by molar-refractivity contribution is 0.0147. The van der Waals surface area contributed by atoms with Gasteiger partial charge in [-0.15, -0.1) is 0 Å². The molecule has 4 nitrogen and oxygen atoms in total. The third-order valence-electron chi connectivity index (χ3n) is 2.32. The average molecular weight is 244 g/mol. The quantitative estimate of drug-likeness (QED) is 0.671. The lowest BCUT2D eigenvalue weighted by atomic mass is 9.98. The summed E-state index contributed by atoms with van der Waals surface area (Å²) in [6.07, 6.45) is -1.24. The average Bonchev–Trinajstić information content (AvgIpc) is 2.28. The summed E-state index contributed by atoms with van der Waals surface area (Å²) in [5.74, 6) is 0. The standard InChI is InChI=1S/C11H14ClNO3/c12-8-1-2-9(7(5-8)6-14)11(16)10(15)3-4-13/h1-2,5-6,10-11,15-16H,3-4,13H2. The molecule has 5 heteroatoms. The van der Waals surface area contributed by atoms with Gasteiger partial charge in [0.05, 0.1) is 6.10 Å². The second-order valence-corrected chi connectivity index (χ2v) is 3.92. The first kappa shape index (κ1) is 13.1. The van der Waals surface area contributed by atoms with Crippen LogP contribution in [-0.4, -0.2) is 29.1 Å². The number of nitrogens with two attached hydrogens (primary N) is 1. The monoisotopic (exact) mass is 243 g/mol. The van der Waals surface area contributed by atoms with Gasteiger partial charge in [0.2, 0.25) is 0 Å². The zero-order valence-electron chi connectivity index (χ0n) is 8.64. The van der Waals surface area contributed by atoms with Gasteiger partial charge in [-0.25, -0.2) is 0 Å². The van der Waals surface area contributed by atoms with Crippen LogP contribution in [0.2, 0.25) is 5.02 Å². The van der Waals surface area contributed by atoms with Crippen molar-refractivity contribution in [2.75, 3.05) is 6.54 Å². The van der Waals surface area contributed by atoms with E-state index in [4.69, 9.17) is 17.3 Å². The molecule has 16 heavy (non-hydrogen) atoms. The first-order valence-electron chi connectivity index (χ1n) is 4.91. The Hall–Kier alpha value is -0.940. The maximum absolute atomic E-state index is 10.8.